The van der Waals surface area contributed by atoms with E-state index >= 15 is 0 Å². The average molecular weight is 535 g/mol. The maximum Gasteiger partial charge on any atom is 0.123 e. The first-order valence-corrected chi connectivity index (χ1v) is 13.7. The maximum absolute atomic E-state index is 12.5. The lowest BCUT2D eigenvalue weighted by atomic mass is 9.93. The summed E-state index contributed by atoms with van der Waals surface area (Å²) in [6, 6.07) is 12.9. The highest BCUT2D eigenvalue weighted by molar-refractivity contribution is 5.74. The average Bonchev–Trinajstić information content (AvgIpc) is 3.43. The number of aryl methyl sites for hydroxylation is 2. The van der Waals surface area contributed by atoms with Gasteiger partial charge in [0, 0.05) is 32.0 Å². The molecule has 1 saturated heterocycles. The molecule has 2 aromatic carbocycles. The highest BCUT2D eigenvalue weighted by atomic mass is 19.1. The summed E-state index contributed by atoms with van der Waals surface area (Å²) < 4.78 is 12.5. The van der Waals surface area contributed by atoms with Gasteiger partial charge in [-0.15, -0.1) is 0 Å². The van der Waals surface area contributed by atoms with Crippen molar-refractivity contribution in [1.82, 2.24) is 15.8 Å². The molecule has 1 fully saturated rings. The van der Waals surface area contributed by atoms with E-state index in [-0.39, 0.29) is 13.2 Å². The van der Waals surface area contributed by atoms with Gasteiger partial charge in [0.05, 0.1) is 11.6 Å². The van der Waals surface area contributed by atoms with Crippen LogP contribution in [-0.2, 0) is 6.42 Å². The molecular formula is C34H51FN4. The van der Waals surface area contributed by atoms with Crippen molar-refractivity contribution < 1.29 is 4.39 Å². The van der Waals surface area contributed by atoms with Crippen LogP contribution in [0.3, 0.4) is 0 Å². The van der Waals surface area contributed by atoms with Crippen LogP contribution in [0.4, 0.5) is 4.39 Å². The summed E-state index contributed by atoms with van der Waals surface area (Å²) >= 11 is 0. The number of hydrogen-bond donors (Lipinski definition) is 2. The number of hydrazine groups is 1. The molecule has 214 valence electrons. The summed E-state index contributed by atoms with van der Waals surface area (Å²) in [5.41, 5.74) is 14.0. The van der Waals surface area contributed by atoms with Crippen molar-refractivity contribution in [1.29, 1.82) is 5.26 Å². The van der Waals surface area contributed by atoms with E-state index in [1.54, 1.807) is 19.2 Å². The first-order valence-electron chi connectivity index (χ1n) is 13.7. The first-order chi connectivity index (χ1) is 18.2. The number of nitrogens with one attached hydrogen (secondary N) is 2. The standard InChI is InChI=1S/C15H19N3.C9H11F.C9H17N.CH4/c1-10(2)14-7-13(8-16)15(6-11(14)3)12(4)9-18-17-5;1-2-4-8-5-3-6-9(10)7-8;1-3-6-9(2)10-7-4-5-8-10;/h6-7,9,17-18H,1H2,2-5H3;3,5-7H,2,4H2,1H3;2-8H2,1H3;1H4/b12-9+;;;. The Hall–Kier alpha value is -3.36. The SMILES string of the molecule is C.C=C(C)c1cc(C#N)c(/C(C)=C/NNC)cc1C.C=C(CCC)N1CCCC1.CCCc1cccc(F)c1. The maximum atomic E-state index is 12.5. The molecule has 39 heavy (non-hydrogen) atoms. The van der Waals surface area contributed by atoms with E-state index in [9.17, 15) is 9.65 Å². The van der Waals surface area contributed by atoms with Crippen LogP contribution in [0, 0.1) is 24.1 Å². The topological polar surface area (TPSA) is 51.1 Å². The van der Waals surface area contributed by atoms with Crippen LogP contribution in [0.25, 0.3) is 11.1 Å². The third kappa shape index (κ3) is 12.8. The number of benzene rings is 2. The van der Waals surface area contributed by atoms with Gasteiger partial charge in [-0.05, 0) is 98.5 Å². The van der Waals surface area contributed by atoms with Gasteiger partial charge in [-0.25, -0.2) is 9.82 Å². The molecule has 2 aromatic rings. The predicted octanol–water partition coefficient (Wildman–Crippen LogP) is 8.79. The Morgan fingerprint density at radius 3 is 2.26 bits per heavy atom. The Balaban J connectivity index is 0.000000588. The fourth-order valence-corrected chi connectivity index (χ4v) is 4.31. The second-order valence-electron chi connectivity index (χ2n) is 9.72. The van der Waals surface area contributed by atoms with E-state index in [2.05, 4.69) is 48.8 Å². The van der Waals surface area contributed by atoms with Crippen molar-refractivity contribution >= 4 is 11.1 Å². The number of rotatable bonds is 9. The normalized spacial score (nSPS) is 12.2. The van der Waals surface area contributed by atoms with Gasteiger partial charge in [0.1, 0.15) is 5.82 Å². The van der Waals surface area contributed by atoms with E-state index in [4.69, 9.17) is 0 Å². The number of nitrogens with zero attached hydrogens (tertiary/aromatic N) is 2. The van der Waals surface area contributed by atoms with E-state index in [1.807, 2.05) is 45.2 Å². The third-order valence-electron chi connectivity index (χ3n) is 6.32. The lowest BCUT2D eigenvalue weighted by molar-refractivity contribution is 0.409. The zero-order chi connectivity index (χ0) is 28.5. The van der Waals surface area contributed by atoms with Crippen molar-refractivity contribution in [2.45, 2.75) is 80.6 Å². The summed E-state index contributed by atoms with van der Waals surface area (Å²) in [6.07, 6.45) is 9.03. The van der Waals surface area contributed by atoms with Crippen LogP contribution in [0.1, 0.15) is 95.0 Å². The van der Waals surface area contributed by atoms with Crippen molar-refractivity contribution in [3.63, 3.8) is 0 Å². The molecule has 2 N–H and O–H groups in total. The molecule has 3 rings (SSSR count). The summed E-state index contributed by atoms with van der Waals surface area (Å²) in [5.74, 6) is -0.133. The van der Waals surface area contributed by atoms with Crippen LogP contribution in [0.2, 0.25) is 0 Å². The van der Waals surface area contributed by atoms with E-state index in [0.717, 1.165) is 46.2 Å². The van der Waals surface area contributed by atoms with Gasteiger partial charge in [0.2, 0.25) is 0 Å². The van der Waals surface area contributed by atoms with Gasteiger partial charge in [0.15, 0.2) is 0 Å². The minimum atomic E-state index is -0.133. The quantitative estimate of drug-likeness (QED) is 0.316. The van der Waals surface area contributed by atoms with Crippen LogP contribution >= 0.6 is 0 Å². The van der Waals surface area contributed by atoms with E-state index in [1.165, 1.54) is 50.5 Å². The summed E-state index contributed by atoms with van der Waals surface area (Å²) in [6.45, 7) is 20.7. The van der Waals surface area contributed by atoms with Crippen LogP contribution < -0.4 is 10.9 Å². The van der Waals surface area contributed by atoms with Crippen molar-refractivity contribution in [3.05, 3.63) is 95.1 Å². The molecule has 0 spiro atoms. The lowest BCUT2D eigenvalue weighted by Crippen LogP contribution is -2.21. The van der Waals surface area contributed by atoms with Gasteiger partial charge < -0.3 is 10.3 Å². The monoisotopic (exact) mass is 534 g/mol. The largest absolute Gasteiger partial charge is 0.375 e. The molecule has 0 amide bonds. The van der Waals surface area contributed by atoms with Gasteiger partial charge in [-0.1, -0.05) is 65.0 Å². The molecule has 1 aliphatic rings. The molecule has 1 aliphatic heterocycles. The summed E-state index contributed by atoms with van der Waals surface area (Å²) in [4.78, 5) is 2.42. The molecule has 0 bridgehead atoms. The minimum absolute atomic E-state index is 0. The van der Waals surface area contributed by atoms with E-state index < -0.39 is 0 Å². The van der Waals surface area contributed by atoms with Gasteiger partial charge in [-0.3, -0.25) is 0 Å². The van der Waals surface area contributed by atoms with Gasteiger partial charge in [-0.2, -0.15) is 5.26 Å². The zero-order valence-corrected chi connectivity index (χ0v) is 24.4. The molecule has 0 unspecified atom stereocenters. The van der Waals surface area contributed by atoms with Gasteiger partial charge >= 0.3 is 0 Å². The van der Waals surface area contributed by atoms with E-state index in [0.29, 0.717) is 5.56 Å². The second-order valence-corrected chi connectivity index (χ2v) is 9.72. The molecule has 4 nitrogen and oxygen atoms in total. The number of likely N-dealkylation sites (tertiary alicyclic amines) is 1. The third-order valence-corrected chi connectivity index (χ3v) is 6.32. The van der Waals surface area contributed by atoms with Crippen molar-refractivity contribution in [3.8, 4) is 6.07 Å². The van der Waals surface area contributed by atoms with Crippen LogP contribution in [-0.4, -0.2) is 25.0 Å². The molecule has 1 heterocycles. The number of allylic oxidation sites excluding steroid dienone is 3. The minimum Gasteiger partial charge on any atom is -0.375 e. The summed E-state index contributed by atoms with van der Waals surface area (Å²) in [5, 5.41) is 9.25. The Morgan fingerprint density at radius 1 is 1.08 bits per heavy atom. The Bertz CT molecular complexity index is 1100. The molecular weight excluding hydrogens is 483 g/mol. The number of halogens is 1. The number of hydrogen-bond acceptors (Lipinski definition) is 4. The van der Waals surface area contributed by atoms with Crippen LogP contribution in [0.5, 0.6) is 0 Å². The van der Waals surface area contributed by atoms with Crippen molar-refractivity contribution in [2.24, 2.45) is 0 Å². The predicted molar refractivity (Wildman–Crippen MR) is 168 cm³/mol. The Morgan fingerprint density at radius 2 is 1.74 bits per heavy atom. The zero-order valence-electron chi connectivity index (χ0n) is 24.4. The van der Waals surface area contributed by atoms with Crippen molar-refractivity contribution in [2.75, 3.05) is 20.1 Å². The van der Waals surface area contributed by atoms with Crippen LogP contribution in [0.15, 0.2) is 61.5 Å². The highest BCUT2D eigenvalue weighted by Gasteiger charge is 2.11. The lowest BCUT2D eigenvalue weighted by Gasteiger charge is -2.19. The number of nitriles is 1. The molecule has 0 aromatic heterocycles. The Labute approximate surface area is 238 Å². The Kier molecular flexibility index (Phi) is 18.0. The fraction of sp³-hybridized carbons (Fsp3) is 0.441. The van der Waals surface area contributed by atoms with Gasteiger partial charge in [0.25, 0.3) is 0 Å². The first kappa shape index (κ1) is 35.6. The molecule has 0 atom stereocenters. The molecule has 5 heteroatoms. The molecule has 0 saturated carbocycles. The highest BCUT2D eigenvalue weighted by Crippen LogP contribution is 2.26. The molecule has 0 radical (unpaired) electrons. The fourth-order valence-electron chi connectivity index (χ4n) is 4.31. The smallest absolute Gasteiger partial charge is 0.123 e. The molecule has 0 aliphatic carbocycles. The summed E-state index contributed by atoms with van der Waals surface area (Å²) in [7, 11) is 1.80. The second kappa shape index (κ2) is 19.7.